The van der Waals surface area contributed by atoms with Crippen molar-refractivity contribution in [3.05, 3.63) is 0 Å². The van der Waals surface area contributed by atoms with Gasteiger partial charge in [0.1, 0.15) is 0 Å². The summed E-state index contributed by atoms with van der Waals surface area (Å²) in [7, 11) is 0. The molecule has 0 spiro atoms. The third-order valence-electron chi connectivity index (χ3n) is 0. The zero-order valence-corrected chi connectivity index (χ0v) is 5.79. The average molecular weight is 186 g/mol. The second-order valence-corrected chi connectivity index (χ2v) is 0.316. The van der Waals surface area contributed by atoms with E-state index in [1.54, 1.807) is 6.92 Å². The first-order valence-corrected chi connectivity index (χ1v) is 1.02. The maximum atomic E-state index is 7.57. The molecule has 24 valence electrons. The Kier molecular flexibility index (Phi) is 19.9. The van der Waals surface area contributed by atoms with Gasteiger partial charge in [-0.1, -0.05) is 0 Å². The van der Waals surface area contributed by atoms with Crippen LogP contribution >= 0.6 is 0 Å². The average Bonchev–Trinajstić information content (AvgIpc) is 0.918. The van der Waals surface area contributed by atoms with Crippen LogP contribution in [0.4, 0.5) is 0 Å². The van der Waals surface area contributed by atoms with Crippen molar-refractivity contribution in [1.29, 1.82) is 0 Å². The minimum absolute atomic E-state index is 0. The van der Waals surface area contributed by atoms with Crippen molar-refractivity contribution in [2.45, 2.75) is 6.92 Å². The van der Waals surface area contributed by atoms with Crippen molar-refractivity contribution in [3.8, 4) is 0 Å². The normalized spacial score (nSPS) is 4.50. The zero-order valence-electron chi connectivity index (χ0n) is 2.65. The molecule has 0 aliphatic heterocycles. The molecule has 0 radical (unpaired) electrons. The molecule has 0 aliphatic rings. The van der Waals surface area contributed by atoms with Gasteiger partial charge in [0.05, 0.1) is 0 Å². The number of hydrogen-bond acceptors (Lipinski definition) is 1. The van der Waals surface area contributed by atoms with Gasteiger partial charge in [0, 0.05) is 48.4 Å². The van der Waals surface area contributed by atoms with Crippen molar-refractivity contribution in [2.24, 2.45) is 0 Å². The monoisotopic (exact) mass is 186 g/mol. The molecule has 0 amide bonds. The van der Waals surface area contributed by atoms with E-state index < -0.39 is 0 Å². The van der Waals surface area contributed by atoms with Crippen molar-refractivity contribution >= 4 is 0 Å². The first-order valence-electron chi connectivity index (χ1n) is 1.02. The van der Waals surface area contributed by atoms with Crippen LogP contribution in [0.5, 0.6) is 0 Å². The van der Waals surface area contributed by atoms with E-state index in [1.165, 1.54) is 0 Å². The van der Waals surface area contributed by atoms with Gasteiger partial charge in [0.15, 0.2) is 0 Å². The second kappa shape index (κ2) is 8.84. The van der Waals surface area contributed by atoms with Gasteiger partial charge in [-0.2, -0.15) is 0 Å². The molecule has 0 aromatic carbocycles. The molecule has 0 bridgehead atoms. The van der Waals surface area contributed by atoms with E-state index in [9.17, 15) is 0 Å². The maximum absolute atomic E-state index is 7.57. The van der Waals surface area contributed by atoms with Gasteiger partial charge in [-0.15, -0.1) is 0 Å². The van der Waals surface area contributed by atoms with Crippen molar-refractivity contribution in [2.75, 3.05) is 6.61 Å². The minimum atomic E-state index is 0. The summed E-state index contributed by atoms with van der Waals surface area (Å²) in [5.74, 6) is 0. The van der Waals surface area contributed by atoms with E-state index in [-0.39, 0.29) is 48.4 Å². The Labute approximate surface area is 59.8 Å². The van der Waals surface area contributed by atoms with Crippen LogP contribution in [0.1, 0.15) is 6.92 Å². The summed E-state index contributed by atoms with van der Waals surface area (Å²) in [6, 6.07) is 0. The largest absolute Gasteiger partial charge is 0.397 e. The van der Waals surface area contributed by atoms with E-state index in [0.29, 0.717) is 0 Å². The molecule has 2 heteroatoms. The summed E-state index contributed by atoms with van der Waals surface area (Å²) in [6.07, 6.45) is 0. The van der Waals surface area contributed by atoms with Crippen LogP contribution in [0.15, 0.2) is 0 Å². The molecule has 0 heterocycles. The molecule has 0 aromatic heterocycles. The van der Waals surface area contributed by atoms with Crippen LogP contribution in [0.2, 0.25) is 0 Å². The topological polar surface area (TPSA) is 20.2 Å². The SMILES string of the molecule is CCO.[Ce]. The molecule has 4 heavy (non-hydrogen) atoms. The molecule has 1 nitrogen and oxygen atoms in total. The zero-order chi connectivity index (χ0) is 2.71. The van der Waals surface area contributed by atoms with Crippen molar-refractivity contribution in [1.82, 2.24) is 0 Å². The van der Waals surface area contributed by atoms with Crippen LogP contribution in [0.3, 0.4) is 0 Å². The number of aliphatic hydroxyl groups is 1. The Hall–Kier alpha value is 1.34. The van der Waals surface area contributed by atoms with Gasteiger partial charge in [-0.3, -0.25) is 0 Å². The predicted molar refractivity (Wildman–Crippen MR) is 12.8 cm³/mol. The third kappa shape index (κ3) is 10.2. The summed E-state index contributed by atoms with van der Waals surface area (Å²) in [5, 5.41) is 7.57. The fraction of sp³-hybridized carbons (Fsp3) is 1.00. The van der Waals surface area contributed by atoms with Gasteiger partial charge >= 0.3 is 0 Å². The third-order valence-corrected chi connectivity index (χ3v) is 0. The Morgan fingerprint density at radius 2 is 1.75 bits per heavy atom. The van der Waals surface area contributed by atoms with Gasteiger partial charge in [0.25, 0.3) is 0 Å². The number of rotatable bonds is 0. The number of aliphatic hydroxyl groups excluding tert-OH is 1. The molecule has 0 aromatic rings. The van der Waals surface area contributed by atoms with E-state index >= 15 is 0 Å². The predicted octanol–water partition coefficient (Wildman–Crippen LogP) is -0.00140. The molecule has 0 saturated heterocycles. The Bertz CT molecular complexity index is 6.00. The standard InChI is InChI=1S/C2H6O.Ce/c1-2-3;/h3H,2H2,1H3;. The van der Waals surface area contributed by atoms with Gasteiger partial charge in [-0.25, -0.2) is 0 Å². The van der Waals surface area contributed by atoms with Crippen LogP contribution in [-0.4, -0.2) is 11.7 Å². The Balaban J connectivity index is 0. The van der Waals surface area contributed by atoms with E-state index in [4.69, 9.17) is 5.11 Å². The molecule has 0 unspecified atom stereocenters. The van der Waals surface area contributed by atoms with Crippen LogP contribution in [0, 0.1) is 41.7 Å². The Morgan fingerprint density at radius 3 is 1.75 bits per heavy atom. The van der Waals surface area contributed by atoms with Gasteiger partial charge in [0.2, 0.25) is 0 Å². The molecule has 0 rings (SSSR count). The summed E-state index contributed by atoms with van der Waals surface area (Å²) in [6.45, 7) is 1.93. The smallest absolute Gasteiger partial charge is 0.0402 e. The molecule has 0 fully saturated rings. The van der Waals surface area contributed by atoms with Gasteiger partial charge < -0.3 is 5.11 Å². The van der Waals surface area contributed by atoms with Crippen molar-refractivity contribution in [3.63, 3.8) is 0 Å². The summed E-state index contributed by atoms with van der Waals surface area (Å²) in [5.41, 5.74) is 0. The summed E-state index contributed by atoms with van der Waals surface area (Å²) in [4.78, 5) is 0. The van der Waals surface area contributed by atoms with Crippen LogP contribution in [0.25, 0.3) is 0 Å². The van der Waals surface area contributed by atoms with E-state index in [0.717, 1.165) is 0 Å². The molecule has 0 saturated carbocycles. The molecular weight excluding hydrogens is 180 g/mol. The minimum Gasteiger partial charge on any atom is -0.397 e. The van der Waals surface area contributed by atoms with Gasteiger partial charge in [-0.05, 0) is 6.92 Å². The molecule has 0 atom stereocenters. The summed E-state index contributed by atoms with van der Waals surface area (Å²) >= 11 is 0. The Morgan fingerprint density at radius 1 is 1.75 bits per heavy atom. The van der Waals surface area contributed by atoms with Crippen LogP contribution in [-0.2, 0) is 0 Å². The fourth-order valence-corrected chi connectivity index (χ4v) is 0. The quantitative estimate of drug-likeness (QED) is 0.564. The molecule has 0 aliphatic carbocycles. The molecule has 1 N–H and O–H groups in total. The van der Waals surface area contributed by atoms with E-state index in [2.05, 4.69) is 0 Å². The van der Waals surface area contributed by atoms with Crippen molar-refractivity contribution < 1.29 is 46.9 Å². The fourth-order valence-electron chi connectivity index (χ4n) is 0. The molecular formula is C2H6CeO. The van der Waals surface area contributed by atoms with E-state index in [1.807, 2.05) is 0 Å². The second-order valence-electron chi connectivity index (χ2n) is 0.316. The van der Waals surface area contributed by atoms with Crippen LogP contribution < -0.4 is 0 Å². The number of hydrogen-bond donors (Lipinski definition) is 1. The maximum Gasteiger partial charge on any atom is 0.0402 e. The first-order chi connectivity index (χ1) is 1.41. The summed E-state index contributed by atoms with van der Waals surface area (Å²) < 4.78 is 0. The first kappa shape index (κ1) is 9.01.